The second-order valence-electron chi connectivity index (χ2n) is 5.34. The summed E-state index contributed by atoms with van der Waals surface area (Å²) in [6, 6.07) is 3.63. The first-order valence-corrected chi connectivity index (χ1v) is 7.75. The van der Waals surface area contributed by atoms with Crippen molar-refractivity contribution in [3.63, 3.8) is 0 Å². The first-order valence-electron chi connectivity index (χ1n) is 6.26. The van der Waals surface area contributed by atoms with Gasteiger partial charge in [-0.25, -0.2) is 17.5 Å². The number of nitrogens with one attached hydrogen (secondary N) is 1. The predicted octanol–water partition coefficient (Wildman–Crippen LogP) is 1.36. The van der Waals surface area contributed by atoms with Crippen LogP contribution in [0, 0.1) is 18.7 Å². The molecular formula is C13H19FN2O2S. The second-order valence-corrected chi connectivity index (χ2v) is 7.02. The fourth-order valence-electron chi connectivity index (χ4n) is 2.54. The Hall–Kier alpha value is -0.980. The molecule has 1 aliphatic rings. The highest BCUT2D eigenvalue weighted by atomic mass is 32.2. The molecule has 2 atom stereocenters. The van der Waals surface area contributed by atoms with Crippen molar-refractivity contribution in [1.29, 1.82) is 0 Å². The number of hydrogen-bond acceptors (Lipinski definition) is 3. The van der Waals surface area contributed by atoms with Crippen LogP contribution in [0.15, 0.2) is 23.1 Å². The van der Waals surface area contributed by atoms with Crippen molar-refractivity contribution in [1.82, 2.24) is 9.62 Å². The van der Waals surface area contributed by atoms with Crippen LogP contribution in [-0.4, -0.2) is 39.5 Å². The third kappa shape index (κ3) is 3.13. The quantitative estimate of drug-likeness (QED) is 0.913. The minimum atomic E-state index is -3.59. The van der Waals surface area contributed by atoms with Crippen LogP contribution in [0.3, 0.4) is 0 Å². The first-order chi connectivity index (χ1) is 8.79. The normalized spacial score (nSPS) is 24.8. The molecule has 1 fully saturated rings. The molecule has 106 valence electrons. The lowest BCUT2D eigenvalue weighted by Gasteiger charge is -2.17. The minimum Gasteiger partial charge on any atom is -0.304 e. The van der Waals surface area contributed by atoms with Crippen LogP contribution in [0.5, 0.6) is 0 Å². The number of sulfonamides is 1. The molecule has 0 radical (unpaired) electrons. The standard InChI is InChI=1S/C13H19FN2O2S/c1-9-6-11(14)4-5-13(9)19(17,18)15-12-8-16(3)7-10(12)2/h4-6,10,12,15H,7-8H2,1-3H3. The van der Waals surface area contributed by atoms with Gasteiger partial charge in [0, 0.05) is 19.1 Å². The molecule has 0 saturated carbocycles. The Morgan fingerprint density at radius 3 is 2.58 bits per heavy atom. The van der Waals surface area contributed by atoms with Gasteiger partial charge in [-0.1, -0.05) is 6.92 Å². The maximum absolute atomic E-state index is 13.0. The zero-order valence-corrected chi connectivity index (χ0v) is 12.2. The summed E-state index contributed by atoms with van der Waals surface area (Å²) in [5.74, 6) is -0.161. The van der Waals surface area contributed by atoms with Gasteiger partial charge in [-0.2, -0.15) is 0 Å². The zero-order valence-electron chi connectivity index (χ0n) is 11.4. The lowest BCUT2D eigenvalue weighted by Crippen LogP contribution is -2.39. The summed E-state index contributed by atoms with van der Waals surface area (Å²) < 4.78 is 40.4. The molecule has 1 heterocycles. The SMILES string of the molecule is Cc1cc(F)ccc1S(=O)(=O)NC1CN(C)CC1C. The molecular weight excluding hydrogens is 267 g/mol. The van der Waals surface area contributed by atoms with Crippen molar-refractivity contribution < 1.29 is 12.8 Å². The molecule has 1 aromatic rings. The van der Waals surface area contributed by atoms with Crippen LogP contribution < -0.4 is 4.72 Å². The molecule has 1 aromatic carbocycles. The highest BCUT2D eigenvalue weighted by molar-refractivity contribution is 7.89. The Morgan fingerprint density at radius 2 is 2.05 bits per heavy atom. The fourth-order valence-corrected chi connectivity index (χ4v) is 4.10. The first kappa shape index (κ1) is 14.4. The highest BCUT2D eigenvalue weighted by Gasteiger charge is 2.31. The minimum absolute atomic E-state index is 0.0977. The van der Waals surface area contributed by atoms with E-state index in [-0.39, 0.29) is 16.9 Å². The van der Waals surface area contributed by atoms with E-state index in [1.807, 2.05) is 14.0 Å². The molecule has 1 N–H and O–H groups in total. The molecule has 0 bridgehead atoms. The van der Waals surface area contributed by atoms with Crippen molar-refractivity contribution in [2.45, 2.75) is 24.8 Å². The second kappa shape index (κ2) is 5.19. The monoisotopic (exact) mass is 286 g/mol. The van der Waals surface area contributed by atoms with Crippen LogP contribution in [0.25, 0.3) is 0 Å². The number of nitrogens with zero attached hydrogens (tertiary/aromatic N) is 1. The largest absolute Gasteiger partial charge is 0.304 e. The van der Waals surface area contributed by atoms with Crippen molar-refractivity contribution >= 4 is 10.0 Å². The lowest BCUT2D eigenvalue weighted by atomic mass is 10.1. The maximum atomic E-state index is 13.0. The fraction of sp³-hybridized carbons (Fsp3) is 0.538. The van der Waals surface area contributed by atoms with Crippen molar-refractivity contribution in [2.24, 2.45) is 5.92 Å². The summed E-state index contributed by atoms with van der Waals surface area (Å²) in [6.07, 6.45) is 0. The van der Waals surface area contributed by atoms with Gasteiger partial charge in [-0.15, -0.1) is 0 Å². The van der Waals surface area contributed by atoms with Crippen LogP contribution >= 0.6 is 0 Å². The van der Waals surface area contributed by atoms with Gasteiger partial charge in [-0.05, 0) is 43.7 Å². The number of likely N-dealkylation sites (N-methyl/N-ethyl adjacent to an activating group) is 1. The van der Waals surface area contributed by atoms with E-state index in [9.17, 15) is 12.8 Å². The van der Waals surface area contributed by atoms with Crippen LogP contribution in [0.4, 0.5) is 4.39 Å². The van der Waals surface area contributed by atoms with Gasteiger partial charge < -0.3 is 4.90 Å². The zero-order chi connectivity index (χ0) is 14.2. The van der Waals surface area contributed by atoms with Crippen LogP contribution in [0.1, 0.15) is 12.5 Å². The van der Waals surface area contributed by atoms with E-state index < -0.39 is 15.8 Å². The Balaban J connectivity index is 2.23. The number of benzene rings is 1. The maximum Gasteiger partial charge on any atom is 0.241 e. The van der Waals surface area contributed by atoms with Gasteiger partial charge in [0.15, 0.2) is 0 Å². The summed E-state index contributed by atoms with van der Waals surface area (Å²) >= 11 is 0. The molecule has 0 aromatic heterocycles. The van der Waals surface area contributed by atoms with Gasteiger partial charge in [0.2, 0.25) is 10.0 Å². The molecule has 2 unspecified atom stereocenters. The Labute approximate surface area is 113 Å². The highest BCUT2D eigenvalue weighted by Crippen LogP contribution is 2.20. The molecule has 6 heteroatoms. The smallest absolute Gasteiger partial charge is 0.241 e. The van der Waals surface area contributed by atoms with Crippen LogP contribution in [0.2, 0.25) is 0 Å². The molecule has 19 heavy (non-hydrogen) atoms. The number of rotatable bonds is 3. The molecule has 0 amide bonds. The summed E-state index contributed by atoms with van der Waals surface area (Å²) in [5, 5.41) is 0. The van der Waals surface area contributed by atoms with E-state index in [2.05, 4.69) is 9.62 Å². The predicted molar refractivity (Wildman–Crippen MR) is 71.9 cm³/mol. The molecule has 0 spiro atoms. The summed E-state index contributed by atoms with van der Waals surface area (Å²) in [6.45, 7) is 5.19. The van der Waals surface area contributed by atoms with E-state index in [1.165, 1.54) is 18.2 Å². The molecule has 2 rings (SSSR count). The number of aryl methyl sites for hydroxylation is 1. The van der Waals surface area contributed by atoms with Gasteiger partial charge in [0.25, 0.3) is 0 Å². The Bertz CT molecular complexity index is 574. The van der Waals surface area contributed by atoms with E-state index in [1.54, 1.807) is 6.92 Å². The molecule has 0 aliphatic carbocycles. The van der Waals surface area contributed by atoms with Crippen molar-refractivity contribution in [3.05, 3.63) is 29.6 Å². The van der Waals surface area contributed by atoms with Crippen molar-refractivity contribution in [2.75, 3.05) is 20.1 Å². The van der Waals surface area contributed by atoms with Gasteiger partial charge in [0.1, 0.15) is 5.82 Å². The third-order valence-corrected chi connectivity index (χ3v) is 5.18. The van der Waals surface area contributed by atoms with E-state index in [0.717, 1.165) is 6.54 Å². The average molecular weight is 286 g/mol. The van der Waals surface area contributed by atoms with Gasteiger partial charge >= 0.3 is 0 Å². The number of halogens is 1. The lowest BCUT2D eigenvalue weighted by molar-refractivity contribution is 0.400. The molecule has 1 saturated heterocycles. The van der Waals surface area contributed by atoms with Gasteiger partial charge in [-0.3, -0.25) is 0 Å². The third-order valence-electron chi connectivity index (χ3n) is 3.53. The van der Waals surface area contributed by atoms with E-state index in [4.69, 9.17) is 0 Å². The Morgan fingerprint density at radius 1 is 1.37 bits per heavy atom. The average Bonchev–Trinajstić information content (AvgIpc) is 2.55. The topological polar surface area (TPSA) is 49.4 Å². The van der Waals surface area contributed by atoms with E-state index >= 15 is 0 Å². The van der Waals surface area contributed by atoms with Crippen molar-refractivity contribution in [3.8, 4) is 0 Å². The summed E-state index contributed by atoms with van der Waals surface area (Å²) in [5.41, 5.74) is 0.423. The van der Waals surface area contributed by atoms with Gasteiger partial charge in [0.05, 0.1) is 4.90 Å². The number of likely N-dealkylation sites (tertiary alicyclic amines) is 1. The van der Waals surface area contributed by atoms with Crippen LogP contribution in [-0.2, 0) is 10.0 Å². The summed E-state index contributed by atoms with van der Waals surface area (Å²) in [7, 11) is -1.62. The Kier molecular flexibility index (Phi) is 3.94. The van der Waals surface area contributed by atoms with E-state index in [0.29, 0.717) is 12.1 Å². The number of hydrogen-bond donors (Lipinski definition) is 1. The molecule has 4 nitrogen and oxygen atoms in total. The summed E-state index contributed by atoms with van der Waals surface area (Å²) in [4.78, 5) is 2.24. The molecule has 1 aliphatic heterocycles.